The zero-order valence-electron chi connectivity index (χ0n) is 16.7. The molecule has 0 saturated carbocycles. The molecular formula is C20H27N3O4S. The first kappa shape index (κ1) is 20.4. The molecule has 2 aromatic rings. The second kappa shape index (κ2) is 8.36. The van der Waals surface area contributed by atoms with Crippen LogP contribution in [-0.4, -0.2) is 51.7 Å². The highest BCUT2D eigenvalue weighted by Crippen LogP contribution is 2.29. The van der Waals surface area contributed by atoms with Crippen molar-refractivity contribution in [1.29, 1.82) is 0 Å². The summed E-state index contributed by atoms with van der Waals surface area (Å²) in [6.45, 7) is 5.78. The Morgan fingerprint density at radius 3 is 2.43 bits per heavy atom. The number of hydrogen-bond acceptors (Lipinski definition) is 6. The first-order chi connectivity index (χ1) is 13.3. The van der Waals surface area contributed by atoms with Crippen LogP contribution in [0.4, 0.5) is 5.69 Å². The highest BCUT2D eigenvalue weighted by atomic mass is 32.2. The summed E-state index contributed by atoms with van der Waals surface area (Å²) in [5.41, 5.74) is 2.21. The molecule has 1 aromatic carbocycles. The molecule has 28 heavy (non-hydrogen) atoms. The smallest absolute Gasteiger partial charge is 0.265 e. The molecule has 1 aliphatic heterocycles. The number of rotatable bonds is 6. The van der Waals surface area contributed by atoms with Crippen LogP contribution >= 0.6 is 0 Å². The Morgan fingerprint density at radius 2 is 1.82 bits per heavy atom. The minimum absolute atomic E-state index is 0.102. The fourth-order valence-electron chi connectivity index (χ4n) is 3.13. The number of likely N-dealkylation sites (tertiary alicyclic amines) is 1. The van der Waals surface area contributed by atoms with Gasteiger partial charge in [-0.3, -0.25) is 4.72 Å². The van der Waals surface area contributed by atoms with Crippen molar-refractivity contribution in [2.45, 2.75) is 37.7 Å². The van der Waals surface area contributed by atoms with Crippen LogP contribution in [0.3, 0.4) is 0 Å². The van der Waals surface area contributed by atoms with Crippen molar-refractivity contribution >= 4 is 15.7 Å². The van der Waals surface area contributed by atoms with Crippen molar-refractivity contribution < 1.29 is 17.9 Å². The third-order valence-corrected chi connectivity index (χ3v) is 6.41. The predicted octanol–water partition coefficient (Wildman–Crippen LogP) is 2.98. The predicted molar refractivity (Wildman–Crippen MR) is 109 cm³/mol. The van der Waals surface area contributed by atoms with Crippen LogP contribution in [0.25, 0.3) is 0 Å². The summed E-state index contributed by atoms with van der Waals surface area (Å²) in [6.07, 6.45) is 3.53. The molecule has 1 fully saturated rings. The molecule has 1 saturated heterocycles. The van der Waals surface area contributed by atoms with E-state index in [1.54, 1.807) is 24.3 Å². The maximum Gasteiger partial charge on any atom is 0.265 e. The van der Waals surface area contributed by atoms with Gasteiger partial charge in [-0.2, -0.15) is 0 Å². The summed E-state index contributed by atoms with van der Waals surface area (Å²) in [4.78, 5) is 6.62. The maximum absolute atomic E-state index is 12.8. The van der Waals surface area contributed by atoms with Gasteiger partial charge in [0, 0.05) is 19.2 Å². The van der Waals surface area contributed by atoms with Gasteiger partial charge in [-0.1, -0.05) is 0 Å². The average Bonchev–Trinajstić information content (AvgIpc) is 2.66. The van der Waals surface area contributed by atoms with Gasteiger partial charge in [0.05, 0.1) is 19.0 Å². The Morgan fingerprint density at radius 1 is 1.14 bits per heavy atom. The topological polar surface area (TPSA) is 80.8 Å². The van der Waals surface area contributed by atoms with Gasteiger partial charge in [0.15, 0.2) is 0 Å². The molecule has 1 aromatic heterocycles. The zero-order chi connectivity index (χ0) is 20.3. The van der Waals surface area contributed by atoms with Crippen LogP contribution in [0.15, 0.2) is 35.4 Å². The number of hydrogen-bond donors (Lipinski definition) is 1. The largest absolute Gasteiger partial charge is 0.495 e. The van der Waals surface area contributed by atoms with Crippen LogP contribution in [0.5, 0.6) is 11.6 Å². The number of nitrogens with one attached hydrogen (secondary N) is 1. The number of aromatic nitrogens is 1. The molecule has 7 nitrogen and oxygen atoms in total. The lowest BCUT2D eigenvalue weighted by Crippen LogP contribution is -2.35. The third kappa shape index (κ3) is 4.74. The second-order valence-electron chi connectivity index (χ2n) is 7.20. The first-order valence-electron chi connectivity index (χ1n) is 9.28. The normalized spacial score (nSPS) is 16.0. The van der Waals surface area contributed by atoms with E-state index in [1.165, 1.54) is 13.3 Å². The van der Waals surface area contributed by atoms with E-state index in [2.05, 4.69) is 21.7 Å². The van der Waals surface area contributed by atoms with E-state index in [4.69, 9.17) is 9.47 Å². The van der Waals surface area contributed by atoms with Crippen LogP contribution in [0.2, 0.25) is 0 Å². The van der Waals surface area contributed by atoms with E-state index in [0.717, 1.165) is 37.1 Å². The molecule has 0 unspecified atom stereocenters. The lowest BCUT2D eigenvalue weighted by atomic mass is 10.1. The maximum atomic E-state index is 12.8. The molecule has 3 rings (SSSR count). The highest BCUT2D eigenvalue weighted by molar-refractivity contribution is 7.92. The van der Waals surface area contributed by atoms with Crippen LogP contribution in [-0.2, 0) is 10.0 Å². The van der Waals surface area contributed by atoms with Gasteiger partial charge in [-0.05, 0) is 63.1 Å². The summed E-state index contributed by atoms with van der Waals surface area (Å²) in [5.74, 6) is 0.812. The van der Waals surface area contributed by atoms with Crippen molar-refractivity contribution in [3.05, 3.63) is 41.6 Å². The monoisotopic (exact) mass is 405 g/mol. The Labute approximate surface area is 166 Å². The fraction of sp³-hybridized carbons (Fsp3) is 0.450. The summed E-state index contributed by atoms with van der Waals surface area (Å²) >= 11 is 0. The Kier molecular flexibility index (Phi) is 6.10. The van der Waals surface area contributed by atoms with E-state index in [1.807, 2.05) is 13.8 Å². The zero-order valence-corrected chi connectivity index (χ0v) is 17.5. The molecule has 152 valence electrons. The summed E-state index contributed by atoms with van der Waals surface area (Å²) in [6, 6.07) is 6.68. The minimum Gasteiger partial charge on any atom is -0.495 e. The van der Waals surface area contributed by atoms with Crippen LogP contribution in [0.1, 0.15) is 24.0 Å². The summed E-state index contributed by atoms with van der Waals surface area (Å²) in [5, 5.41) is 0. The third-order valence-electron chi connectivity index (χ3n) is 5.01. The first-order valence-corrected chi connectivity index (χ1v) is 10.8. The molecule has 0 bridgehead atoms. The second-order valence-corrected chi connectivity index (χ2v) is 8.85. The Bertz CT molecular complexity index is 921. The summed E-state index contributed by atoms with van der Waals surface area (Å²) < 4.78 is 39.4. The molecule has 0 amide bonds. The summed E-state index contributed by atoms with van der Waals surface area (Å²) in [7, 11) is -0.248. The molecule has 1 aliphatic rings. The van der Waals surface area contributed by atoms with Crippen LogP contribution < -0.4 is 14.2 Å². The fourth-order valence-corrected chi connectivity index (χ4v) is 4.41. The molecule has 0 aliphatic carbocycles. The van der Waals surface area contributed by atoms with E-state index < -0.39 is 10.0 Å². The van der Waals surface area contributed by atoms with Gasteiger partial charge in [-0.25, -0.2) is 13.4 Å². The number of nitrogens with zero attached hydrogens (tertiary/aromatic N) is 2. The number of methoxy groups -OCH3 is 1. The Hall–Kier alpha value is -2.32. The van der Waals surface area contributed by atoms with Crippen LogP contribution in [0, 0.1) is 13.8 Å². The molecule has 2 heterocycles. The average molecular weight is 406 g/mol. The van der Waals surface area contributed by atoms with Gasteiger partial charge < -0.3 is 14.4 Å². The Balaban J connectivity index is 1.72. The van der Waals surface area contributed by atoms with E-state index in [-0.39, 0.29) is 11.0 Å². The van der Waals surface area contributed by atoms with Gasteiger partial charge in [0.25, 0.3) is 10.0 Å². The number of pyridine rings is 1. The molecule has 0 atom stereocenters. The van der Waals surface area contributed by atoms with Gasteiger partial charge in [0.2, 0.25) is 5.88 Å². The van der Waals surface area contributed by atoms with E-state index in [9.17, 15) is 8.42 Å². The van der Waals surface area contributed by atoms with Crippen molar-refractivity contribution in [1.82, 2.24) is 9.88 Å². The van der Waals surface area contributed by atoms with Crippen molar-refractivity contribution in [3.63, 3.8) is 0 Å². The van der Waals surface area contributed by atoms with Crippen molar-refractivity contribution in [2.24, 2.45) is 0 Å². The highest BCUT2D eigenvalue weighted by Gasteiger charge is 2.22. The van der Waals surface area contributed by atoms with Crippen molar-refractivity contribution in [3.8, 4) is 11.6 Å². The quantitative estimate of drug-likeness (QED) is 0.796. The number of benzene rings is 1. The van der Waals surface area contributed by atoms with Crippen molar-refractivity contribution in [2.75, 3.05) is 32.0 Å². The number of aryl methyl sites for hydroxylation is 2. The standard InChI is InChI=1S/C20H27N3O4S/c1-14-11-18(26-4)19(12-15(14)2)28(24,25)22-16-5-6-20(21-13-16)27-17-7-9-23(3)10-8-17/h5-6,11-13,17,22H,7-10H2,1-4H3. The van der Waals surface area contributed by atoms with Gasteiger partial charge >= 0.3 is 0 Å². The van der Waals surface area contributed by atoms with E-state index in [0.29, 0.717) is 17.3 Å². The number of ether oxygens (including phenoxy) is 2. The minimum atomic E-state index is -3.80. The lowest BCUT2D eigenvalue weighted by Gasteiger charge is -2.28. The number of anilines is 1. The molecular weight excluding hydrogens is 378 g/mol. The van der Waals surface area contributed by atoms with Gasteiger partial charge in [0.1, 0.15) is 16.7 Å². The molecule has 0 radical (unpaired) electrons. The number of piperidine rings is 1. The SMILES string of the molecule is COc1cc(C)c(C)cc1S(=O)(=O)Nc1ccc(OC2CCN(C)CC2)nc1. The molecule has 8 heteroatoms. The van der Waals surface area contributed by atoms with Gasteiger partial charge in [-0.15, -0.1) is 0 Å². The number of sulfonamides is 1. The molecule has 1 N–H and O–H groups in total. The van der Waals surface area contributed by atoms with E-state index >= 15 is 0 Å². The lowest BCUT2D eigenvalue weighted by molar-refractivity contribution is 0.110. The molecule has 0 spiro atoms.